The molecule has 80 valence electrons. The molecule has 2 nitrogen and oxygen atoms in total. The first-order valence-corrected chi connectivity index (χ1v) is 5.45. The van der Waals surface area contributed by atoms with Crippen LogP contribution in [0.5, 0.6) is 0 Å². The fraction of sp³-hybridized carbons (Fsp3) is 0.375. The molecule has 0 aliphatic carbocycles. The molecule has 0 radical (unpaired) electrons. The molecule has 0 fully saturated rings. The summed E-state index contributed by atoms with van der Waals surface area (Å²) < 4.78 is 0. The van der Waals surface area contributed by atoms with Gasteiger partial charge in [0.15, 0.2) is 4.84 Å². The first-order chi connectivity index (χ1) is 6.63. The van der Waals surface area contributed by atoms with Crippen molar-refractivity contribution in [3.05, 3.63) is 23.2 Å². The highest BCUT2D eigenvalue weighted by atomic mass is 35.5. The van der Waals surface area contributed by atoms with Crippen LogP contribution in [-0.4, -0.2) is 28.7 Å². The van der Waals surface area contributed by atoms with Crippen molar-refractivity contribution >= 4 is 52.3 Å². The van der Waals surface area contributed by atoms with Gasteiger partial charge in [-0.2, -0.15) is 0 Å². The molecular formula is C8H9Cl4NO. The zero-order valence-corrected chi connectivity index (χ0v) is 10.2. The van der Waals surface area contributed by atoms with Gasteiger partial charge in [0, 0.05) is 24.2 Å². The SMILES string of the molecule is O=C(C(Cl)Cl)N(C/C=C/Cl)C/C=C/Cl. The smallest absolute Gasteiger partial charge is 0.256 e. The van der Waals surface area contributed by atoms with Crippen LogP contribution in [0.4, 0.5) is 0 Å². The van der Waals surface area contributed by atoms with Crippen molar-refractivity contribution in [3.8, 4) is 0 Å². The van der Waals surface area contributed by atoms with Gasteiger partial charge < -0.3 is 4.90 Å². The van der Waals surface area contributed by atoms with Crippen LogP contribution in [0.25, 0.3) is 0 Å². The molecule has 0 spiro atoms. The number of hydrogen-bond acceptors (Lipinski definition) is 1. The number of carbonyl (C=O) groups excluding carboxylic acids is 1. The van der Waals surface area contributed by atoms with E-state index in [1.165, 1.54) is 16.0 Å². The van der Waals surface area contributed by atoms with E-state index >= 15 is 0 Å². The van der Waals surface area contributed by atoms with E-state index in [9.17, 15) is 4.79 Å². The van der Waals surface area contributed by atoms with E-state index < -0.39 is 4.84 Å². The normalized spacial score (nSPS) is 11.8. The standard InChI is InChI=1S/C8H9Cl4NO/c9-3-1-5-13(6-2-4-10)8(14)7(11)12/h1-4,7H,5-6H2/b3-1+,4-2+. The van der Waals surface area contributed by atoms with Crippen molar-refractivity contribution in [2.45, 2.75) is 4.84 Å². The lowest BCUT2D eigenvalue weighted by Gasteiger charge is -2.19. The van der Waals surface area contributed by atoms with E-state index in [2.05, 4.69) is 0 Å². The van der Waals surface area contributed by atoms with Crippen LogP contribution < -0.4 is 0 Å². The summed E-state index contributed by atoms with van der Waals surface area (Å²) in [6.07, 6.45) is 3.22. The van der Waals surface area contributed by atoms with Gasteiger partial charge in [0.1, 0.15) is 0 Å². The average molecular weight is 277 g/mol. The van der Waals surface area contributed by atoms with Crippen molar-refractivity contribution in [2.24, 2.45) is 0 Å². The summed E-state index contributed by atoms with van der Waals surface area (Å²) in [5.41, 5.74) is 2.64. The lowest BCUT2D eigenvalue weighted by Crippen LogP contribution is -2.35. The van der Waals surface area contributed by atoms with Gasteiger partial charge >= 0.3 is 0 Å². The van der Waals surface area contributed by atoms with Crippen molar-refractivity contribution in [1.82, 2.24) is 4.90 Å². The maximum atomic E-state index is 11.4. The number of hydrogen-bond donors (Lipinski definition) is 0. The highest BCUT2D eigenvalue weighted by Crippen LogP contribution is 2.07. The predicted octanol–water partition coefficient (Wildman–Crippen LogP) is 3.12. The third-order valence-electron chi connectivity index (χ3n) is 1.33. The van der Waals surface area contributed by atoms with Gasteiger partial charge in [0.25, 0.3) is 5.91 Å². The summed E-state index contributed by atoms with van der Waals surface area (Å²) in [5, 5.41) is 0. The molecular weight excluding hydrogens is 268 g/mol. The summed E-state index contributed by atoms with van der Waals surface area (Å²) in [4.78, 5) is 11.7. The number of rotatable bonds is 5. The summed E-state index contributed by atoms with van der Waals surface area (Å²) >= 11 is 21.6. The second kappa shape index (κ2) is 8.42. The molecule has 14 heavy (non-hydrogen) atoms. The molecule has 0 aliphatic rings. The maximum absolute atomic E-state index is 11.4. The van der Waals surface area contributed by atoms with Crippen LogP contribution in [0.3, 0.4) is 0 Å². The number of amides is 1. The van der Waals surface area contributed by atoms with Gasteiger partial charge in [-0.05, 0) is 0 Å². The Kier molecular flexibility index (Phi) is 8.49. The summed E-state index contributed by atoms with van der Waals surface area (Å²) in [6, 6.07) is 0. The second-order valence-electron chi connectivity index (χ2n) is 2.27. The molecule has 0 rings (SSSR count). The lowest BCUT2D eigenvalue weighted by atomic mass is 10.4. The van der Waals surface area contributed by atoms with E-state index in [0.29, 0.717) is 13.1 Å². The average Bonchev–Trinajstić information content (AvgIpc) is 2.17. The second-order valence-corrected chi connectivity index (χ2v) is 3.87. The minimum Gasteiger partial charge on any atom is -0.333 e. The highest BCUT2D eigenvalue weighted by molar-refractivity contribution is 6.53. The molecule has 0 aromatic rings. The van der Waals surface area contributed by atoms with Crippen LogP contribution >= 0.6 is 46.4 Å². The zero-order valence-electron chi connectivity index (χ0n) is 7.17. The fourth-order valence-electron chi connectivity index (χ4n) is 0.727. The lowest BCUT2D eigenvalue weighted by molar-refractivity contribution is -0.128. The predicted molar refractivity (Wildman–Crippen MR) is 62.1 cm³/mol. The Balaban J connectivity index is 4.29. The molecule has 0 aromatic heterocycles. The zero-order chi connectivity index (χ0) is 11.0. The molecule has 0 aliphatic heterocycles. The van der Waals surface area contributed by atoms with Crippen LogP contribution in [0, 0.1) is 0 Å². The largest absolute Gasteiger partial charge is 0.333 e. The van der Waals surface area contributed by atoms with E-state index in [4.69, 9.17) is 46.4 Å². The van der Waals surface area contributed by atoms with Crippen LogP contribution in [0.1, 0.15) is 0 Å². The van der Waals surface area contributed by atoms with Crippen LogP contribution in [-0.2, 0) is 4.79 Å². The summed E-state index contributed by atoms with van der Waals surface area (Å²) in [7, 11) is 0. The molecule has 0 saturated carbocycles. The van der Waals surface area contributed by atoms with Crippen LogP contribution in [0.15, 0.2) is 23.2 Å². The van der Waals surface area contributed by atoms with Crippen molar-refractivity contribution in [2.75, 3.05) is 13.1 Å². The molecule has 6 heteroatoms. The van der Waals surface area contributed by atoms with Gasteiger partial charge in [0.05, 0.1) is 0 Å². The highest BCUT2D eigenvalue weighted by Gasteiger charge is 2.17. The van der Waals surface area contributed by atoms with Gasteiger partial charge in [-0.15, -0.1) is 0 Å². The van der Waals surface area contributed by atoms with E-state index in [0.717, 1.165) is 0 Å². The summed E-state index contributed by atoms with van der Waals surface area (Å²) in [5.74, 6) is -0.377. The Morgan fingerprint density at radius 3 is 1.86 bits per heavy atom. The topological polar surface area (TPSA) is 20.3 Å². The molecule has 0 heterocycles. The minimum absolute atomic E-state index is 0.347. The first-order valence-electron chi connectivity index (χ1n) is 3.70. The quantitative estimate of drug-likeness (QED) is 0.707. The number of nitrogens with zero attached hydrogens (tertiary/aromatic N) is 1. The number of carbonyl (C=O) groups is 1. The Morgan fingerprint density at radius 1 is 1.14 bits per heavy atom. The molecule has 0 saturated heterocycles. The van der Waals surface area contributed by atoms with Crippen molar-refractivity contribution < 1.29 is 4.79 Å². The van der Waals surface area contributed by atoms with Crippen LogP contribution in [0.2, 0.25) is 0 Å². The fourth-order valence-corrected chi connectivity index (χ4v) is 1.16. The molecule has 0 bridgehead atoms. The molecule has 0 atom stereocenters. The Morgan fingerprint density at radius 2 is 1.57 bits per heavy atom. The first kappa shape index (κ1) is 14.1. The molecule has 0 unspecified atom stereocenters. The van der Waals surface area contributed by atoms with Crippen molar-refractivity contribution in [3.63, 3.8) is 0 Å². The summed E-state index contributed by atoms with van der Waals surface area (Å²) in [6.45, 7) is 0.693. The number of alkyl halides is 2. The van der Waals surface area contributed by atoms with E-state index in [1.54, 1.807) is 12.2 Å². The Bertz CT molecular complexity index is 213. The van der Waals surface area contributed by atoms with Gasteiger partial charge in [-0.1, -0.05) is 58.6 Å². The van der Waals surface area contributed by atoms with Gasteiger partial charge in [-0.3, -0.25) is 4.79 Å². The monoisotopic (exact) mass is 275 g/mol. The molecule has 0 aromatic carbocycles. The molecule has 0 N–H and O–H groups in total. The Hall–Kier alpha value is 0.110. The minimum atomic E-state index is -1.07. The molecule has 1 amide bonds. The number of halogens is 4. The van der Waals surface area contributed by atoms with E-state index in [1.807, 2.05) is 0 Å². The maximum Gasteiger partial charge on any atom is 0.256 e. The third-order valence-corrected chi connectivity index (χ3v) is 2.06. The Labute approximate surface area is 103 Å². The third kappa shape index (κ3) is 5.76. The van der Waals surface area contributed by atoms with Crippen molar-refractivity contribution in [1.29, 1.82) is 0 Å². The van der Waals surface area contributed by atoms with E-state index in [-0.39, 0.29) is 5.91 Å². The van der Waals surface area contributed by atoms with Gasteiger partial charge in [-0.25, -0.2) is 0 Å². The van der Waals surface area contributed by atoms with Gasteiger partial charge in [0.2, 0.25) is 0 Å².